The van der Waals surface area contributed by atoms with Gasteiger partial charge in [-0.15, -0.1) is 0 Å². The van der Waals surface area contributed by atoms with Gasteiger partial charge < -0.3 is 9.84 Å². The summed E-state index contributed by atoms with van der Waals surface area (Å²) in [5.41, 5.74) is 0.795. The molecule has 0 atom stereocenters. The number of hydrogen-bond acceptors (Lipinski definition) is 3. The predicted molar refractivity (Wildman–Crippen MR) is 91.9 cm³/mol. The van der Waals surface area contributed by atoms with E-state index in [1.54, 1.807) is 25.3 Å². The van der Waals surface area contributed by atoms with Crippen molar-refractivity contribution in [3.05, 3.63) is 39.6 Å². The number of ether oxygens (including phenoxy) is 1. The second-order valence-electron chi connectivity index (χ2n) is 6.66. The van der Waals surface area contributed by atoms with Crippen LogP contribution in [-0.2, 0) is 9.53 Å². The van der Waals surface area contributed by atoms with Gasteiger partial charge in [0, 0.05) is 30.5 Å². The van der Waals surface area contributed by atoms with Crippen molar-refractivity contribution in [2.75, 3.05) is 7.11 Å². The lowest BCUT2D eigenvalue weighted by atomic mass is 9.64. The molecule has 1 spiro atoms. The van der Waals surface area contributed by atoms with Crippen molar-refractivity contribution >= 4 is 34.6 Å². The number of aliphatic hydroxyl groups excluding tert-OH is 1. The number of ketones is 1. The van der Waals surface area contributed by atoms with Crippen LogP contribution in [-0.4, -0.2) is 24.1 Å². The first-order chi connectivity index (χ1) is 10.9. The SMILES string of the molecule is COC1CCC2(CC1)CC(=O)C(c1ccc(Cl)cc1Cl)=C(O)C2. The Balaban J connectivity index is 1.89. The second-order valence-corrected chi connectivity index (χ2v) is 7.50. The first-order valence-corrected chi connectivity index (χ1v) is 8.63. The molecule has 1 aromatic carbocycles. The van der Waals surface area contributed by atoms with Gasteiger partial charge in [0.15, 0.2) is 5.78 Å². The third kappa shape index (κ3) is 3.28. The quantitative estimate of drug-likeness (QED) is 0.793. The van der Waals surface area contributed by atoms with Gasteiger partial charge in [0.1, 0.15) is 5.76 Å². The van der Waals surface area contributed by atoms with E-state index in [0.29, 0.717) is 34.0 Å². The third-order valence-corrected chi connectivity index (χ3v) is 5.72. The van der Waals surface area contributed by atoms with Crippen molar-refractivity contribution in [1.29, 1.82) is 0 Å². The van der Waals surface area contributed by atoms with Crippen molar-refractivity contribution < 1.29 is 14.6 Å². The fraction of sp³-hybridized carbons (Fsp3) is 0.500. The van der Waals surface area contributed by atoms with Crippen LogP contribution in [0.4, 0.5) is 0 Å². The summed E-state index contributed by atoms with van der Waals surface area (Å²) < 4.78 is 5.41. The van der Waals surface area contributed by atoms with Gasteiger partial charge in [0.25, 0.3) is 0 Å². The highest BCUT2D eigenvalue weighted by Gasteiger charge is 2.43. The van der Waals surface area contributed by atoms with Crippen molar-refractivity contribution in [2.24, 2.45) is 5.41 Å². The van der Waals surface area contributed by atoms with E-state index in [2.05, 4.69) is 0 Å². The van der Waals surface area contributed by atoms with Crippen LogP contribution < -0.4 is 0 Å². The number of Topliss-reactive ketones (excluding diaryl/α,β-unsaturated/α-hetero) is 1. The van der Waals surface area contributed by atoms with Gasteiger partial charge in [0.2, 0.25) is 0 Å². The molecule has 3 nitrogen and oxygen atoms in total. The minimum Gasteiger partial charge on any atom is -0.512 e. The Labute approximate surface area is 146 Å². The van der Waals surface area contributed by atoms with Crippen LogP contribution >= 0.6 is 23.2 Å². The molecule has 0 bridgehead atoms. The highest BCUT2D eigenvalue weighted by molar-refractivity contribution is 6.37. The number of halogens is 2. The van der Waals surface area contributed by atoms with Crippen LogP contribution in [0.15, 0.2) is 24.0 Å². The van der Waals surface area contributed by atoms with Gasteiger partial charge in [-0.1, -0.05) is 29.3 Å². The van der Waals surface area contributed by atoms with Gasteiger partial charge >= 0.3 is 0 Å². The molecule has 0 amide bonds. The molecule has 0 unspecified atom stereocenters. The maximum Gasteiger partial charge on any atom is 0.167 e. The number of rotatable bonds is 2. The molecule has 3 rings (SSSR count). The fourth-order valence-electron chi connectivity index (χ4n) is 3.89. The molecule has 124 valence electrons. The summed E-state index contributed by atoms with van der Waals surface area (Å²) in [4.78, 5) is 12.7. The highest BCUT2D eigenvalue weighted by Crippen LogP contribution is 2.50. The number of hydrogen-bond donors (Lipinski definition) is 1. The summed E-state index contributed by atoms with van der Waals surface area (Å²) in [5, 5.41) is 11.5. The fourth-order valence-corrected chi connectivity index (χ4v) is 4.39. The molecule has 1 aromatic rings. The standard InChI is InChI=1S/C18H20Cl2O3/c1-23-12-4-6-18(7-5-12)9-15(21)17(16(22)10-18)13-3-2-11(19)8-14(13)20/h2-3,8,12,21H,4-7,9-10H2,1H3. The summed E-state index contributed by atoms with van der Waals surface area (Å²) in [6.45, 7) is 0. The van der Waals surface area contributed by atoms with Gasteiger partial charge in [-0.05, 0) is 43.2 Å². The summed E-state index contributed by atoms with van der Waals surface area (Å²) in [6.07, 6.45) is 4.95. The molecular formula is C18H20Cl2O3. The molecule has 0 aliphatic heterocycles. The van der Waals surface area contributed by atoms with Crippen LogP contribution in [0.25, 0.3) is 5.57 Å². The van der Waals surface area contributed by atoms with E-state index >= 15 is 0 Å². The van der Waals surface area contributed by atoms with E-state index < -0.39 is 0 Å². The highest BCUT2D eigenvalue weighted by atomic mass is 35.5. The summed E-state index contributed by atoms with van der Waals surface area (Å²) in [6, 6.07) is 4.98. The van der Waals surface area contributed by atoms with E-state index in [9.17, 15) is 9.90 Å². The number of carbonyl (C=O) groups excluding carboxylic acids is 1. The molecular weight excluding hydrogens is 335 g/mol. The topological polar surface area (TPSA) is 46.5 Å². The minimum atomic E-state index is -0.126. The van der Waals surface area contributed by atoms with Crippen LogP contribution in [0.3, 0.4) is 0 Å². The molecule has 1 fully saturated rings. The minimum absolute atomic E-state index is 0.0335. The Bertz CT molecular complexity index is 658. The molecule has 1 saturated carbocycles. The average Bonchev–Trinajstić information content (AvgIpc) is 2.49. The van der Waals surface area contributed by atoms with Gasteiger partial charge in [-0.3, -0.25) is 4.79 Å². The number of methoxy groups -OCH3 is 1. The monoisotopic (exact) mass is 354 g/mol. The lowest BCUT2D eigenvalue weighted by Gasteiger charge is -2.42. The number of aliphatic hydroxyl groups is 1. The summed E-state index contributed by atoms with van der Waals surface area (Å²) in [5.74, 6) is 0.121. The average molecular weight is 355 g/mol. The Morgan fingerprint density at radius 2 is 1.91 bits per heavy atom. The lowest BCUT2D eigenvalue weighted by Crippen LogP contribution is -2.36. The third-order valence-electron chi connectivity index (χ3n) is 5.17. The summed E-state index contributed by atoms with van der Waals surface area (Å²) >= 11 is 12.1. The number of carbonyl (C=O) groups is 1. The van der Waals surface area contributed by atoms with Crippen LogP contribution in [0.2, 0.25) is 10.0 Å². The molecule has 0 saturated heterocycles. The van der Waals surface area contributed by atoms with Crippen molar-refractivity contribution in [3.63, 3.8) is 0 Å². The molecule has 0 aromatic heterocycles. The molecule has 2 aliphatic rings. The Kier molecular flexibility index (Phi) is 4.73. The molecule has 0 radical (unpaired) electrons. The van der Waals surface area contributed by atoms with Crippen molar-refractivity contribution in [3.8, 4) is 0 Å². The van der Waals surface area contributed by atoms with Gasteiger partial charge in [-0.2, -0.15) is 0 Å². The zero-order valence-electron chi connectivity index (χ0n) is 13.1. The van der Waals surface area contributed by atoms with E-state index in [1.165, 1.54) is 0 Å². The van der Waals surface area contributed by atoms with E-state index in [0.717, 1.165) is 25.7 Å². The lowest BCUT2D eigenvalue weighted by molar-refractivity contribution is -0.118. The second kappa shape index (κ2) is 6.46. The Morgan fingerprint density at radius 3 is 2.48 bits per heavy atom. The van der Waals surface area contributed by atoms with E-state index in [4.69, 9.17) is 27.9 Å². The smallest absolute Gasteiger partial charge is 0.167 e. The Morgan fingerprint density at radius 1 is 1.22 bits per heavy atom. The zero-order valence-corrected chi connectivity index (χ0v) is 14.6. The maximum absolute atomic E-state index is 12.7. The summed E-state index contributed by atoms with van der Waals surface area (Å²) in [7, 11) is 1.73. The Hall–Kier alpha value is -1.03. The number of benzene rings is 1. The van der Waals surface area contributed by atoms with Crippen LogP contribution in [0, 0.1) is 5.41 Å². The largest absolute Gasteiger partial charge is 0.512 e. The first kappa shape index (κ1) is 16.8. The molecule has 2 aliphatic carbocycles. The first-order valence-electron chi connectivity index (χ1n) is 7.88. The van der Waals surface area contributed by atoms with Crippen LogP contribution in [0.1, 0.15) is 44.1 Å². The molecule has 0 heterocycles. The van der Waals surface area contributed by atoms with E-state index in [1.807, 2.05) is 0 Å². The van der Waals surface area contributed by atoms with Crippen LogP contribution in [0.5, 0.6) is 0 Å². The predicted octanol–water partition coefficient (Wildman–Crippen LogP) is 5.20. The molecule has 5 heteroatoms. The van der Waals surface area contributed by atoms with Gasteiger partial charge in [-0.25, -0.2) is 0 Å². The normalized spacial score (nSPS) is 28.5. The van der Waals surface area contributed by atoms with Gasteiger partial charge in [0.05, 0.1) is 16.7 Å². The molecule has 1 N–H and O–H groups in total. The maximum atomic E-state index is 12.7. The van der Waals surface area contributed by atoms with E-state index in [-0.39, 0.29) is 23.1 Å². The zero-order chi connectivity index (χ0) is 16.6. The van der Waals surface area contributed by atoms with Crippen molar-refractivity contribution in [1.82, 2.24) is 0 Å². The van der Waals surface area contributed by atoms with Crippen molar-refractivity contribution in [2.45, 2.75) is 44.6 Å². The molecule has 23 heavy (non-hydrogen) atoms. The number of allylic oxidation sites excluding steroid dienone is 2.